The quantitative estimate of drug-likeness (QED) is 0.477. The van der Waals surface area contributed by atoms with Gasteiger partial charge in [-0.15, -0.1) is 0 Å². The first kappa shape index (κ1) is 18.6. The molecule has 0 saturated heterocycles. The Balaban J connectivity index is 1.83. The van der Waals surface area contributed by atoms with Crippen molar-refractivity contribution in [1.29, 1.82) is 0 Å². The summed E-state index contributed by atoms with van der Waals surface area (Å²) in [5.41, 5.74) is 3.90. The summed E-state index contributed by atoms with van der Waals surface area (Å²) in [5, 5.41) is 23.7. The standard InChI is InChI=1S/C20H21N3O4/c1-11-3-4-17-15(5-11)13(7-22-17)6-18(20(26)27)23-9-16-14(10-24)8-21-12(2)19(16)25/h3-5,7-8,10,18,22-23,25H,6,9H2,1-2H3,(H,26,27)/t18-/m0/s1. The number of aromatic hydroxyl groups is 1. The highest BCUT2D eigenvalue weighted by Crippen LogP contribution is 2.24. The van der Waals surface area contributed by atoms with Crippen LogP contribution >= 0.6 is 0 Å². The molecule has 0 aliphatic rings. The first-order chi connectivity index (χ1) is 12.9. The molecule has 140 valence electrons. The van der Waals surface area contributed by atoms with Crippen molar-refractivity contribution in [3.05, 3.63) is 58.5 Å². The number of nitrogens with one attached hydrogen (secondary N) is 2. The molecule has 1 atom stereocenters. The number of fused-ring (bicyclic) bond motifs is 1. The van der Waals surface area contributed by atoms with Gasteiger partial charge in [-0.05, 0) is 31.5 Å². The molecule has 0 fully saturated rings. The van der Waals surface area contributed by atoms with Gasteiger partial charge in [0, 0.05) is 47.4 Å². The number of aromatic nitrogens is 2. The molecule has 3 rings (SSSR count). The summed E-state index contributed by atoms with van der Waals surface area (Å²) >= 11 is 0. The van der Waals surface area contributed by atoms with E-state index in [0.29, 0.717) is 17.5 Å². The molecule has 7 heteroatoms. The number of aromatic amines is 1. The Morgan fingerprint density at radius 1 is 1.37 bits per heavy atom. The van der Waals surface area contributed by atoms with Gasteiger partial charge >= 0.3 is 5.97 Å². The Morgan fingerprint density at radius 2 is 2.15 bits per heavy atom. The van der Waals surface area contributed by atoms with E-state index in [4.69, 9.17) is 0 Å². The molecule has 0 saturated carbocycles. The van der Waals surface area contributed by atoms with Crippen LogP contribution in [0.25, 0.3) is 10.9 Å². The minimum Gasteiger partial charge on any atom is -0.506 e. The zero-order valence-corrected chi connectivity index (χ0v) is 15.1. The summed E-state index contributed by atoms with van der Waals surface area (Å²) < 4.78 is 0. The molecular weight excluding hydrogens is 346 g/mol. The molecule has 2 aromatic heterocycles. The Morgan fingerprint density at radius 3 is 2.85 bits per heavy atom. The van der Waals surface area contributed by atoms with Crippen molar-refractivity contribution in [2.24, 2.45) is 0 Å². The highest BCUT2D eigenvalue weighted by molar-refractivity contribution is 5.85. The number of hydrogen-bond acceptors (Lipinski definition) is 5. The Labute approximate surface area is 156 Å². The zero-order chi connectivity index (χ0) is 19.6. The molecule has 0 amide bonds. The van der Waals surface area contributed by atoms with Gasteiger partial charge in [0.25, 0.3) is 0 Å². The topological polar surface area (TPSA) is 115 Å². The molecule has 7 nitrogen and oxygen atoms in total. The number of hydrogen-bond donors (Lipinski definition) is 4. The number of carbonyl (C=O) groups excluding carboxylic acids is 1. The van der Waals surface area contributed by atoms with Gasteiger partial charge in [0.1, 0.15) is 11.8 Å². The molecular formula is C20H21N3O4. The molecule has 1 aromatic carbocycles. The maximum Gasteiger partial charge on any atom is 0.321 e. The predicted octanol–water partition coefficient (Wildman–Crippen LogP) is 2.48. The first-order valence-corrected chi connectivity index (χ1v) is 8.56. The number of carboxylic acids is 1. The highest BCUT2D eigenvalue weighted by Gasteiger charge is 2.21. The molecule has 0 aliphatic heterocycles. The number of H-pyrrole nitrogens is 1. The van der Waals surface area contributed by atoms with Gasteiger partial charge in [0.2, 0.25) is 0 Å². The second-order valence-corrected chi connectivity index (χ2v) is 6.58. The lowest BCUT2D eigenvalue weighted by molar-refractivity contribution is -0.139. The van der Waals surface area contributed by atoms with E-state index in [1.165, 1.54) is 6.20 Å². The minimum absolute atomic E-state index is 0.0433. The van der Waals surface area contributed by atoms with E-state index in [0.717, 1.165) is 22.0 Å². The Bertz CT molecular complexity index is 1010. The van der Waals surface area contributed by atoms with Gasteiger partial charge in [-0.25, -0.2) is 0 Å². The third-order valence-electron chi connectivity index (χ3n) is 4.67. The summed E-state index contributed by atoms with van der Waals surface area (Å²) in [7, 11) is 0. The maximum atomic E-state index is 11.7. The first-order valence-electron chi connectivity index (χ1n) is 8.56. The smallest absolute Gasteiger partial charge is 0.321 e. The van der Waals surface area contributed by atoms with Gasteiger partial charge < -0.3 is 15.2 Å². The number of pyridine rings is 1. The van der Waals surface area contributed by atoms with E-state index >= 15 is 0 Å². The molecule has 3 aromatic rings. The van der Waals surface area contributed by atoms with Crippen molar-refractivity contribution < 1.29 is 19.8 Å². The van der Waals surface area contributed by atoms with Crippen molar-refractivity contribution in [3.8, 4) is 5.75 Å². The molecule has 27 heavy (non-hydrogen) atoms. The number of aliphatic carboxylic acids is 1. The fraction of sp³-hybridized carbons (Fsp3) is 0.250. The number of carboxylic acid groups (broad SMARTS) is 1. The number of benzene rings is 1. The zero-order valence-electron chi connectivity index (χ0n) is 15.1. The number of aldehydes is 1. The Kier molecular flexibility index (Phi) is 5.23. The Hall–Kier alpha value is -3.19. The monoisotopic (exact) mass is 367 g/mol. The van der Waals surface area contributed by atoms with E-state index in [-0.39, 0.29) is 24.3 Å². The highest BCUT2D eigenvalue weighted by atomic mass is 16.4. The summed E-state index contributed by atoms with van der Waals surface area (Å²) in [4.78, 5) is 30.0. The average molecular weight is 367 g/mol. The summed E-state index contributed by atoms with van der Waals surface area (Å²) in [6, 6.07) is 5.09. The molecule has 0 bridgehead atoms. The largest absolute Gasteiger partial charge is 0.506 e. The van der Waals surface area contributed by atoms with Crippen molar-refractivity contribution in [2.75, 3.05) is 0 Å². The van der Waals surface area contributed by atoms with Crippen LogP contribution in [0.4, 0.5) is 0 Å². The average Bonchev–Trinajstić information content (AvgIpc) is 3.03. The van der Waals surface area contributed by atoms with Crippen LogP contribution in [-0.2, 0) is 17.8 Å². The van der Waals surface area contributed by atoms with Crippen molar-refractivity contribution in [2.45, 2.75) is 32.9 Å². The van der Waals surface area contributed by atoms with Gasteiger partial charge in [0.15, 0.2) is 6.29 Å². The van der Waals surface area contributed by atoms with Gasteiger partial charge in [-0.3, -0.25) is 19.9 Å². The number of carbonyl (C=O) groups is 2. The third-order valence-corrected chi connectivity index (χ3v) is 4.67. The maximum absolute atomic E-state index is 11.7. The molecule has 0 radical (unpaired) electrons. The normalized spacial score (nSPS) is 12.2. The van der Waals surface area contributed by atoms with Crippen LogP contribution in [0.5, 0.6) is 5.75 Å². The van der Waals surface area contributed by atoms with E-state index < -0.39 is 12.0 Å². The van der Waals surface area contributed by atoms with Gasteiger partial charge in [-0.1, -0.05) is 11.6 Å². The van der Waals surface area contributed by atoms with Crippen LogP contribution in [0.2, 0.25) is 0 Å². The van der Waals surface area contributed by atoms with Crippen molar-refractivity contribution >= 4 is 23.2 Å². The second-order valence-electron chi connectivity index (χ2n) is 6.58. The lowest BCUT2D eigenvalue weighted by atomic mass is 10.0. The molecule has 0 aliphatic carbocycles. The van der Waals surface area contributed by atoms with Gasteiger partial charge in [-0.2, -0.15) is 0 Å². The third kappa shape index (κ3) is 3.83. The molecule has 4 N–H and O–H groups in total. The van der Waals surface area contributed by atoms with E-state index in [9.17, 15) is 19.8 Å². The van der Waals surface area contributed by atoms with Gasteiger partial charge in [0.05, 0.1) is 5.69 Å². The number of rotatable bonds is 7. The lowest BCUT2D eigenvalue weighted by Gasteiger charge is -2.16. The van der Waals surface area contributed by atoms with Crippen LogP contribution in [0.1, 0.15) is 32.7 Å². The summed E-state index contributed by atoms with van der Waals surface area (Å²) in [6.45, 7) is 3.65. The van der Waals surface area contributed by atoms with Crippen molar-refractivity contribution in [3.63, 3.8) is 0 Å². The van der Waals surface area contributed by atoms with Crippen LogP contribution in [0.3, 0.4) is 0 Å². The SMILES string of the molecule is Cc1ccc2[nH]cc(C[C@H](NCc3c(C=O)cnc(C)c3O)C(=O)O)c2c1. The van der Waals surface area contributed by atoms with E-state index in [1.54, 1.807) is 6.92 Å². The second kappa shape index (κ2) is 7.59. The fourth-order valence-corrected chi connectivity index (χ4v) is 3.10. The van der Waals surface area contributed by atoms with Crippen LogP contribution < -0.4 is 5.32 Å². The van der Waals surface area contributed by atoms with E-state index in [1.807, 2.05) is 31.3 Å². The lowest BCUT2D eigenvalue weighted by Crippen LogP contribution is -2.38. The number of aryl methyl sites for hydroxylation is 2. The fourth-order valence-electron chi connectivity index (χ4n) is 3.10. The summed E-state index contributed by atoms with van der Waals surface area (Å²) in [6.07, 6.45) is 4.05. The summed E-state index contributed by atoms with van der Waals surface area (Å²) in [5.74, 6) is -1.10. The van der Waals surface area contributed by atoms with E-state index in [2.05, 4.69) is 15.3 Å². The van der Waals surface area contributed by atoms with Crippen molar-refractivity contribution in [1.82, 2.24) is 15.3 Å². The molecule has 0 spiro atoms. The van der Waals surface area contributed by atoms with Crippen LogP contribution in [-0.4, -0.2) is 38.5 Å². The number of nitrogens with zero attached hydrogens (tertiary/aromatic N) is 1. The predicted molar refractivity (Wildman–Crippen MR) is 101 cm³/mol. The molecule has 2 heterocycles. The van der Waals surface area contributed by atoms with Crippen LogP contribution in [0, 0.1) is 13.8 Å². The van der Waals surface area contributed by atoms with Crippen LogP contribution in [0.15, 0.2) is 30.6 Å². The minimum atomic E-state index is -1.00. The molecule has 0 unspecified atom stereocenters.